The molecule has 0 aromatic heterocycles. The van der Waals surface area contributed by atoms with E-state index >= 15 is 0 Å². The van der Waals surface area contributed by atoms with Gasteiger partial charge in [0.15, 0.2) is 0 Å². The van der Waals surface area contributed by atoms with Gasteiger partial charge in [-0.25, -0.2) is 0 Å². The van der Waals surface area contributed by atoms with Crippen LogP contribution in [0.5, 0.6) is 0 Å². The fourth-order valence-electron chi connectivity index (χ4n) is 0.608. The molecule has 0 saturated carbocycles. The van der Waals surface area contributed by atoms with Crippen molar-refractivity contribution < 1.29 is 4.74 Å². The molecule has 0 aliphatic carbocycles. The van der Waals surface area contributed by atoms with Gasteiger partial charge >= 0.3 is 0 Å². The highest BCUT2D eigenvalue weighted by Gasteiger charge is 2.18. The van der Waals surface area contributed by atoms with Gasteiger partial charge in [0, 0.05) is 5.41 Å². The number of nitrogens with two attached hydrogens (primary N) is 1. The SMILES string of the molecule is CC(C)C(C)OCC(C)(C)CN. The quantitative estimate of drug-likeness (QED) is 0.690. The summed E-state index contributed by atoms with van der Waals surface area (Å²) in [4.78, 5) is 0. The Balaban J connectivity index is 3.67. The van der Waals surface area contributed by atoms with Gasteiger partial charge < -0.3 is 10.5 Å². The lowest BCUT2D eigenvalue weighted by Gasteiger charge is -2.26. The average Bonchev–Trinajstić information content (AvgIpc) is 2.00. The van der Waals surface area contributed by atoms with Crippen molar-refractivity contribution in [1.29, 1.82) is 0 Å². The molecule has 0 aromatic carbocycles. The minimum atomic E-state index is 0.114. The van der Waals surface area contributed by atoms with Crippen LogP contribution in [0.4, 0.5) is 0 Å². The maximum absolute atomic E-state index is 5.68. The van der Waals surface area contributed by atoms with Crippen LogP contribution in [-0.4, -0.2) is 19.3 Å². The zero-order valence-electron chi connectivity index (χ0n) is 9.05. The Kier molecular flexibility index (Phi) is 4.80. The highest BCUT2D eigenvalue weighted by atomic mass is 16.5. The summed E-state index contributed by atoms with van der Waals surface area (Å²) in [5.41, 5.74) is 5.70. The summed E-state index contributed by atoms with van der Waals surface area (Å²) < 4.78 is 5.68. The van der Waals surface area contributed by atoms with Crippen LogP contribution in [0, 0.1) is 11.3 Å². The molecule has 2 N–H and O–H groups in total. The Morgan fingerprint density at radius 3 is 2.08 bits per heavy atom. The maximum Gasteiger partial charge on any atom is 0.0570 e. The van der Waals surface area contributed by atoms with Gasteiger partial charge in [0.2, 0.25) is 0 Å². The molecular weight excluding hydrogens is 150 g/mol. The summed E-state index contributed by atoms with van der Waals surface area (Å²) in [5, 5.41) is 0. The molecule has 0 aromatic rings. The smallest absolute Gasteiger partial charge is 0.0570 e. The summed E-state index contributed by atoms with van der Waals surface area (Å²) >= 11 is 0. The predicted octanol–water partition coefficient (Wildman–Crippen LogP) is 2.03. The van der Waals surface area contributed by atoms with Gasteiger partial charge in [0.05, 0.1) is 12.7 Å². The Morgan fingerprint density at radius 1 is 1.25 bits per heavy atom. The first-order valence-corrected chi connectivity index (χ1v) is 4.71. The van der Waals surface area contributed by atoms with Gasteiger partial charge in [-0.1, -0.05) is 27.7 Å². The summed E-state index contributed by atoms with van der Waals surface area (Å²) in [6.45, 7) is 12.1. The lowest BCUT2D eigenvalue weighted by atomic mass is 9.95. The highest BCUT2D eigenvalue weighted by Crippen LogP contribution is 2.15. The third-order valence-corrected chi connectivity index (χ3v) is 2.23. The Hall–Kier alpha value is -0.0800. The van der Waals surface area contributed by atoms with E-state index in [2.05, 4.69) is 34.6 Å². The molecule has 2 nitrogen and oxygen atoms in total. The van der Waals surface area contributed by atoms with E-state index in [1.165, 1.54) is 0 Å². The Labute approximate surface area is 76.5 Å². The van der Waals surface area contributed by atoms with Crippen molar-refractivity contribution in [1.82, 2.24) is 0 Å². The molecule has 1 unspecified atom stereocenters. The molecule has 0 aliphatic heterocycles. The minimum absolute atomic E-state index is 0.114. The first-order chi connectivity index (χ1) is 5.39. The molecule has 0 rings (SSSR count). The molecular formula is C10H23NO. The van der Waals surface area contributed by atoms with Crippen LogP contribution in [-0.2, 0) is 4.74 Å². The van der Waals surface area contributed by atoms with Crippen molar-refractivity contribution in [2.45, 2.75) is 40.7 Å². The molecule has 0 bridgehead atoms. The number of ether oxygens (including phenoxy) is 1. The van der Waals surface area contributed by atoms with E-state index in [1.807, 2.05) is 0 Å². The van der Waals surface area contributed by atoms with Gasteiger partial charge in [-0.15, -0.1) is 0 Å². The van der Waals surface area contributed by atoms with Crippen LogP contribution < -0.4 is 5.73 Å². The van der Waals surface area contributed by atoms with E-state index in [-0.39, 0.29) is 5.41 Å². The van der Waals surface area contributed by atoms with E-state index < -0.39 is 0 Å². The van der Waals surface area contributed by atoms with Crippen molar-refractivity contribution in [3.8, 4) is 0 Å². The molecule has 0 amide bonds. The van der Waals surface area contributed by atoms with E-state index in [0.717, 1.165) is 6.61 Å². The van der Waals surface area contributed by atoms with E-state index in [4.69, 9.17) is 10.5 Å². The van der Waals surface area contributed by atoms with Crippen LogP contribution in [0.2, 0.25) is 0 Å². The van der Waals surface area contributed by atoms with Gasteiger partial charge in [0.25, 0.3) is 0 Å². The Bertz CT molecular complexity index is 121. The largest absolute Gasteiger partial charge is 0.378 e. The number of hydrogen-bond acceptors (Lipinski definition) is 2. The summed E-state index contributed by atoms with van der Waals surface area (Å²) in [5.74, 6) is 0.582. The molecule has 0 aliphatic rings. The van der Waals surface area contributed by atoms with Crippen molar-refractivity contribution >= 4 is 0 Å². The van der Waals surface area contributed by atoms with Gasteiger partial charge in [-0.05, 0) is 19.4 Å². The fraction of sp³-hybridized carbons (Fsp3) is 1.00. The molecule has 0 heterocycles. The molecule has 12 heavy (non-hydrogen) atoms. The third-order valence-electron chi connectivity index (χ3n) is 2.23. The fourth-order valence-corrected chi connectivity index (χ4v) is 0.608. The topological polar surface area (TPSA) is 35.2 Å². The van der Waals surface area contributed by atoms with E-state index in [9.17, 15) is 0 Å². The van der Waals surface area contributed by atoms with Crippen LogP contribution in [0.15, 0.2) is 0 Å². The second-order valence-electron chi connectivity index (χ2n) is 4.63. The van der Waals surface area contributed by atoms with Crippen LogP contribution in [0.1, 0.15) is 34.6 Å². The third kappa shape index (κ3) is 4.73. The average molecular weight is 173 g/mol. The van der Waals surface area contributed by atoms with Gasteiger partial charge in [0.1, 0.15) is 0 Å². The molecule has 74 valence electrons. The number of hydrogen-bond donors (Lipinski definition) is 1. The van der Waals surface area contributed by atoms with Gasteiger partial charge in [-0.2, -0.15) is 0 Å². The van der Waals surface area contributed by atoms with Crippen molar-refractivity contribution in [2.75, 3.05) is 13.2 Å². The van der Waals surface area contributed by atoms with Crippen LogP contribution in [0.3, 0.4) is 0 Å². The first kappa shape index (κ1) is 11.9. The zero-order valence-corrected chi connectivity index (χ0v) is 9.05. The second kappa shape index (κ2) is 4.83. The second-order valence-corrected chi connectivity index (χ2v) is 4.63. The molecule has 0 spiro atoms. The molecule has 0 radical (unpaired) electrons. The molecule has 2 heteroatoms. The van der Waals surface area contributed by atoms with Crippen LogP contribution in [0.25, 0.3) is 0 Å². The summed E-state index contributed by atoms with van der Waals surface area (Å²) in [7, 11) is 0. The normalized spacial score (nSPS) is 15.2. The monoisotopic (exact) mass is 173 g/mol. The van der Waals surface area contributed by atoms with E-state index in [1.54, 1.807) is 0 Å². The first-order valence-electron chi connectivity index (χ1n) is 4.71. The summed E-state index contributed by atoms with van der Waals surface area (Å²) in [6, 6.07) is 0. The molecule has 1 atom stereocenters. The summed E-state index contributed by atoms with van der Waals surface area (Å²) in [6.07, 6.45) is 0.329. The minimum Gasteiger partial charge on any atom is -0.378 e. The van der Waals surface area contributed by atoms with Gasteiger partial charge in [-0.3, -0.25) is 0 Å². The number of rotatable bonds is 5. The molecule has 0 fully saturated rings. The van der Waals surface area contributed by atoms with Crippen molar-refractivity contribution in [3.05, 3.63) is 0 Å². The van der Waals surface area contributed by atoms with Crippen molar-refractivity contribution in [2.24, 2.45) is 17.1 Å². The Morgan fingerprint density at radius 2 is 1.75 bits per heavy atom. The lowest BCUT2D eigenvalue weighted by Crippen LogP contribution is -2.31. The zero-order chi connectivity index (χ0) is 9.78. The standard InChI is InChI=1S/C10H23NO/c1-8(2)9(3)12-7-10(4,5)6-11/h8-9H,6-7,11H2,1-5H3. The van der Waals surface area contributed by atoms with E-state index in [0.29, 0.717) is 18.6 Å². The van der Waals surface area contributed by atoms with Crippen molar-refractivity contribution in [3.63, 3.8) is 0 Å². The highest BCUT2D eigenvalue weighted by molar-refractivity contribution is 4.69. The lowest BCUT2D eigenvalue weighted by molar-refractivity contribution is -0.00729. The predicted molar refractivity (Wildman–Crippen MR) is 53.1 cm³/mol. The molecule has 0 saturated heterocycles. The maximum atomic E-state index is 5.68. The van der Waals surface area contributed by atoms with Crippen LogP contribution >= 0.6 is 0 Å².